The average molecular weight is 542 g/mol. The van der Waals surface area contributed by atoms with Gasteiger partial charge in [0.25, 0.3) is 0 Å². The molecule has 2 aromatic carbocycles. The maximum atomic E-state index is 12.8. The molecule has 0 aliphatic carbocycles. The van der Waals surface area contributed by atoms with Gasteiger partial charge in [0.2, 0.25) is 10.0 Å². The molecular formula is C27H31N3O7S. The van der Waals surface area contributed by atoms with E-state index in [-0.39, 0.29) is 18.3 Å². The van der Waals surface area contributed by atoms with E-state index in [4.69, 9.17) is 19.8 Å². The minimum absolute atomic E-state index is 0.111. The summed E-state index contributed by atoms with van der Waals surface area (Å²) in [6.45, 7) is 6.17. The Hall–Kier alpha value is -4.04. The number of hydrogen-bond donors (Lipinski definition) is 1. The number of anilines is 1. The Morgan fingerprint density at radius 1 is 1.21 bits per heavy atom. The first-order valence-electron chi connectivity index (χ1n) is 12.0. The van der Waals surface area contributed by atoms with Gasteiger partial charge in [0, 0.05) is 13.0 Å². The molecule has 11 heteroatoms. The Labute approximate surface area is 222 Å². The first kappa shape index (κ1) is 28.5. The summed E-state index contributed by atoms with van der Waals surface area (Å²) in [5.41, 5.74) is 0.861. The van der Waals surface area contributed by atoms with Crippen molar-refractivity contribution >= 4 is 33.8 Å². The molecule has 10 nitrogen and oxygen atoms in total. The van der Waals surface area contributed by atoms with Crippen LogP contribution in [-0.2, 0) is 19.6 Å². The van der Waals surface area contributed by atoms with Gasteiger partial charge in [-0.05, 0) is 62.7 Å². The first-order chi connectivity index (χ1) is 17.9. The van der Waals surface area contributed by atoms with Crippen LogP contribution in [0.4, 0.5) is 10.5 Å². The molecule has 1 unspecified atom stereocenters. The molecule has 1 atom stereocenters. The molecule has 202 valence electrons. The molecule has 0 bridgehead atoms. The average Bonchev–Trinajstić information content (AvgIpc) is 3.29. The maximum absolute atomic E-state index is 12.8. The van der Waals surface area contributed by atoms with Crippen molar-refractivity contribution in [2.75, 3.05) is 29.7 Å². The van der Waals surface area contributed by atoms with Gasteiger partial charge in [0.05, 0.1) is 30.4 Å². The lowest BCUT2D eigenvalue weighted by Crippen LogP contribution is -2.36. The second-order valence-corrected chi connectivity index (χ2v) is 11.7. The van der Waals surface area contributed by atoms with E-state index in [1.807, 2.05) is 6.07 Å². The Morgan fingerprint density at radius 3 is 2.55 bits per heavy atom. The molecule has 0 spiro atoms. The molecule has 3 rings (SSSR count). The van der Waals surface area contributed by atoms with Crippen molar-refractivity contribution in [3.8, 4) is 11.8 Å². The van der Waals surface area contributed by atoms with Crippen LogP contribution >= 0.6 is 0 Å². The molecular weight excluding hydrogens is 510 g/mol. The zero-order valence-corrected chi connectivity index (χ0v) is 22.3. The molecule has 1 fully saturated rings. The lowest BCUT2D eigenvalue weighted by molar-refractivity contribution is -0.134. The molecule has 1 aliphatic heterocycles. The van der Waals surface area contributed by atoms with Crippen molar-refractivity contribution < 1.29 is 32.6 Å². The fourth-order valence-corrected chi connectivity index (χ4v) is 5.03. The molecule has 0 radical (unpaired) electrons. The van der Waals surface area contributed by atoms with Gasteiger partial charge in [0.1, 0.15) is 17.5 Å². The highest BCUT2D eigenvalue weighted by atomic mass is 32.2. The van der Waals surface area contributed by atoms with Crippen molar-refractivity contribution in [2.45, 2.75) is 38.9 Å². The Bertz CT molecular complexity index is 1330. The predicted molar refractivity (Wildman–Crippen MR) is 142 cm³/mol. The van der Waals surface area contributed by atoms with Gasteiger partial charge in [-0.2, -0.15) is 5.26 Å². The van der Waals surface area contributed by atoms with E-state index >= 15 is 0 Å². The standard InChI is InChI=1S/C27H31N3O7S/c1-27(2,3)37-26(33)29-15-13-24(18-29)36-23-11-9-22(10-12-23)30(38(34,35)19-25(31)32)14-5-8-20-6-4-7-21(16-20)17-28/h4-12,16,24H,13-15,18-19H2,1-3H3,(H,31,32). The number of carboxylic acid groups (broad SMARTS) is 1. The van der Waals surface area contributed by atoms with E-state index in [1.54, 1.807) is 86.4 Å². The third-order valence-electron chi connectivity index (χ3n) is 5.46. The topological polar surface area (TPSA) is 137 Å². The van der Waals surface area contributed by atoms with Gasteiger partial charge in [-0.1, -0.05) is 24.3 Å². The van der Waals surface area contributed by atoms with Crippen molar-refractivity contribution in [3.63, 3.8) is 0 Å². The Morgan fingerprint density at radius 2 is 1.92 bits per heavy atom. The molecule has 0 aromatic heterocycles. The van der Waals surface area contributed by atoms with Crippen molar-refractivity contribution in [1.82, 2.24) is 4.90 Å². The lowest BCUT2D eigenvalue weighted by Gasteiger charge is -2.24. The highest BCUT2D eigenvalue weighted by molar-refractivity contribution is 7.93. The molecule has 2 aromatic rings. The summed E-state index contributed by atoms with van der Waals surface area (Å²) >= 11 is 0. The largest absolute Gasteiger partial charge is 0.489 e. The zero-order valence-electron chi connectivity index (χ0n) is 21.5. The number of nitriles is 1. The van der Waals surface area contributed by atoms with Gasteiger partial charge >= 0.3 is 12.1 Å². The minimum atomic E-state index is -4.18. The monoisotopic (exact) mass is 541 g/mol. The molecule has 38 heavy (non-hydrogen) atoms. The number of sulfonamides is 1. The smallest absolute Gasteiger partial charge is 0.410 e. The fraction of sp³-hybridized carbons (Fsp3) is 0.370. The quantitative estimate of drug-likeness (QED) is 0.505. The number of carbonyl (C=O) groups excluding carboxylic acids is 1. The number of nitrogens with zero attached hydrogens (tertiary/aromatic N) is 3. The van der Waals surface area contributed by atoms with E-state index in [2.05, 4.69) is 0 Å². The van der Waals surface area contributed by atoms with E-state index in [0.717, 1.165) is 4.31 Å². The van der Waals surface area contributed by atoms with Crippen molar-refractivity contribution in [3.05, 3.63) is 65.7 Å². The Balaban J connectivity index is 1.71. The van der Waals surface area contributed by atoms with Crippen LogP contribution < -0.4 is 9.04 Å². The lowest BCUT2D eigenvalue weighted by atomic mass is 10.1. The molecule has 0 saturated carbocycles. The number of aliphatic carboxylic acids is 1. The summed E-state index contributed by atoms with van der Waals surface area (Å²) in [7, 11) is -4.18. The molecule has 1 amide bonds. The molecule has 1 saturated heterocycles. The van der Waals surface area contributed by atoms with E-state index in [9.17, 15) is 18.0 Å². The number of carbonyl (C=O) groups is 2. The highest BCUT2D eigenvalue weighted by Crippen LogP contribution is 2.25. The number of rotatable bonds is 9. The zero-order chi connectivity index (χ0) is 27.9. The highest BCUT2D eigenvalue weighted by Gasteiger charge is 2.31. The van der Waals surface area contributed by atoms with Crippen LogP contribution in [0.5, 0.6) is 5.75 Å². The third-order valence-corrected chi connectivity index (χ3v) is 7.11. The Kier molecular flexibility index (Phi) is 9.01. The second kappa shape index (κ2) is 12.0. The van der Waals surface area contributed by atoms with Crippen LogP contribution in [0.2, 0.25) is 0 Å². The van der Waals surface area contributed by atoms with E-state index in [0.29, 0.717) is 36.4 Å². The number of amides is 1. The molecule has 1 N–H and O–H groups in total. The summed E-state index contributed by atoms with van der Waals surface area (Å²) in [5, 5.41) is 18.2. The number of likely N-dealkylation sites (tertiary alicyclic amines) is 1. The van der Waals surface area contributed by atoms with Crippen LogP contribution in [0.15, 0.2) is 54.6 Å². The van der Waals surface area contributed by atoms with E-state index in [1.165, 1.54) is 0 Å². The first-order valence-corrected chi connectivity index (χ1v) is 13.6. The van der Waals surface area contributed by atoms with Crippen molar-refractivity contribution in [1.29, 1.82) is 5.26 Å². The summed E-state index contributed by atoms with van der Waals surface area (Å²) in [4.78, 5) is 25.1. The SMILES string of the molecule is CC(C)(C)OC(=O)N1CCC(Oc2ccc(N(CC=Cc3cccc(C#N)c3)S(=O)(=O)CC(=O)O)cc2)C1. The van der Waals surface area contributed by atoms with Gasteiger partial charge in [-0.3, -0.25) is 9.10 Å². The van der Waals surface area contributed by atoms with E-state index < -0.39 is 33.4 Å². The van der Waals surface area contributed by atoms with Crippen LogP contribution in [0.1, 0.15) is 38.3 Å². The third kappa shape index (κ3) is 8.24. The molecule has 1 aliphatic rings. The van der Waals surface area contributed by atoms with Crippen molar-refractivity contribution in [2.24, 2.45) is 0 Å². The second-order valence-electron chi connectivity index (χ2n) is 9.77. The van der Waals surface area contributed by atoms with Crippen LogP contribution in [0.3, 0.4) is 0 Å². The number of ether oxygens (including phenoxy) is 2. The summed E-state index contributed by atoms with van der Waals surface area (Å²) in [5.74, 6) is -2.04. The van der Waals surface area contributed by atoms with Crippen LogP contribution in [-0.4, -0.2) is 67.6 Å². The van der Waals surface area contributed by atoms with Crippen LogP contribution in [0, 0.1) is 11.3 Å². The summed E-state index contributed by atoms with van der Waals surface area (Å²) in [6.07, 6.45) is 3.23. The minimum Gasteiger partial charge on any atom is -0.489 e. The van der Waals surface area contributed by atoms with Gasteiger partial charge in [-0.15, -0.1) is 0 Å². The van der Waals surface area contributed by atoms with Gasteiger partial charge in [-0.25, -0.2) is 13.2 Å². The van der Waals surface area contributed by atoms with Gasteiger partial charge in [0.15, 0.2) is 5.75 Å². The summed E-state index contributed by atoms with van der Waals surface area (Å²) < 4.78 is 38.1. The predicted octanol–water partition coefficient (Wildman–Crippen LogP) is 3.88. The number of carboxylic acids is 1. The number of hydrogen-bond acceptors (Lipinski definition) is 7. The summed E-state index contributed by atoms with van der Waals surface area (Å²) in [6, 6.07) is 15.1. The van der Waals surface area contributed by atoms with Crippen LogP contribution in [0.25, 0.3) is 6.08 Å². The number of benzene rings is 2. The van der Waals surface area contributed by atoms with Gasteiger partial charge < -0.3 is 19.5 Å². The normalized spacial score (nSPS) is 15.7. The molecule has 1 heterocycles. The maximum Gasteiger partial charge on any atom is 0.410 e. The fourth-order valence-electron chi connectivity index (χ4n) is 3.81.